The highest BCUT2D eigenvalue weighted by Crippen LogP contribution is 2.30. The van der Waals surface area contributed by atoms with Crippen LogP contribution in [0.15, 0.2) is 30.3 Å². The van der Waals surface area contributed by atoms with Crippen LogP contribution in [0.5, 0.6) is 0 Å². The molecule has 0 fully saturated rings. The second-order valence-electron chi connectivity index (χ2n) is 5.47. The molecule has 2 aromatic carbocycles. The maximum atomic E-state index is 14.2. The van der Waals surface area contributed by atoms with Gasteiger partial charge in [-0.05, 0) is 62.2 Å². The van der Waals surface area contributed by atoms with Crippen molar-refractivity contribution >= 4 is 0 Å². The van der Waals surface area contributed by atoms with Gasteiger partial charge in [-0.2, -0.15) is 0 Å². The maximum absolute atomic E-state index is 14.2. The molecule has 0 aliphatic heterocycles. The Hall–Kier alpha value is -1.74. The molecule has 0 saturated heterocycles. The van der Waals surface area contributed by atoms with Crippen molar-refractivity contribution in [3.8, 4) is 0 Å². The van der Waals surface area contributed by atoms with E-state index in [-0.39, 0.29) is 11.9 Å². The Labute approximate surface area is 125 Å². The Morgan fingerprint density at radius 1 is 1.00 bits per heavy atom. The first-order valence-electron chi connectivity index (χ1n) is 7.20. The number of aryl methyl sites for hydroxylation is 3. The molecule has 0 bridgehead atoms. The molecule has 1 N–H and O–H groups in total. The van der Waals surface area contributed by atoms with E-state index in [9.17, 15) is 8.78 Å². The number of hydrogen-bond acceptors (Lipinski definition) is 1. The molecule has 1 unspecified atom stereocenters. The Morgan fingerprint density at radius 3 is 2.19 bits per heavy atom. The minimum atomic E-state index is -0.420. The van der Waals surface area contributed by atoms with Gasteiger partial charge in [0.2, 0.25) is 0 Å². The smallest absolute Gasteiger partial charge is 0.128 e. The van der Waals surface area contributed by atoms with Crippen molar-refractivity contribution in [3.63, 3.8) is 0 Å². The van der Waals surface area contributed by atoms with Gasteiger partial charge in [-0.1, -0.05) is 24.6 Å². The van der Waals surface area contributed by atoms with Crippen LogP contribution in [0, 0.1) is 32.4 Å². The molecule has 0 radical (unpaired) electrons. The second kappa shape index (κ2) is 6.35. The van der Waals surface area contributed by atoms with Gasteiger partial charge in [0, 0.05) is 5.56 Å². The lowest BCUT2D eigenvalue weighted by Crippen LogP contribution is -2.25. The Bertz CT molecular complexity index is 627. The van der Waals surface area contributed by atoms with E-state index >= 15 is 0 Å². The highest BCUT2D eigenvalue weighted by molar-refractivity contribution is 5.44. The van der Waals surface area contributed by atoms with E-state index in [1.807, 2.05) is 27.7 Å². The number of halogens is 2. The summed E-state index contributed by atoms with van der Waals surface area (Å²) in [4.78, 5) is 0. The van der Waals surface area contributed by atoms with E-state index in [1.165, 1.54) is 17.7 Å². The van der Waals surface area contributed by atoms with Gasteiger partial charge in [0.15, 0.2) is 0 Å². The van der Waals surface area contributed by atoms with Crippen molar-refractivity contribution in [3.05, 3.63) is 69.8 Å². The average Bonchev–Trinajstić information content (AvgIpc) is 2.39. The van der Waals surface area contributed by atoms with Crippen molar-refractivity contribution in [1.82, 2.24) is 5.32 Å². The number of nitrogens with one attached hydrogen (secondary N) is 1. The van der Waals surface area contributed by atoms with E-state index in [2.05, 4.69) is 17.4 Å². The molecule has 2 aromatic rings. The fourth-order valence-corrected chi connectivity index (χ4v) is 2.95. The third-order valence-corrected chi connectivity index (χ3v) is 3.70. The van der Waals surface area contributed by atoms with Gasteiger partial charge in [-0.3, -0.25) is 0 Å². The molecule has 0 aliphatic carbocycles. The first-order valence-corrected chi connectivity index (χ1v) is 7.20. The summed E-state index contributed by atoms with van der Waals surface area (Å²) < 4.78 is 27.7. The Balaban J connectivity index is 2.61. The summed E-state index contributed by atoms with van der Waals surface area (Å²) in [5.41, 5.74) is 4.71. The van der Waals surface area contributed by atoms with E-state index < -0.39 is 5.82 Å². The van der Waals surface area contributed by atoms with Crippen molar-refractivity contribution in [2.45, 2.75) is 33.7 Å². The molecular weight excluding hydrogens is 268 g/mol. The van der Waals surface area contributed by atoms with Gasteiger partial charge >= 0.3 is 0 Å². The zero-order valence-corrected chi connectivity index (χ0v) is 12.9. The molecule has 0 aromatic heterocycles. The average molecular weight is 289 g/mol. The van der Waals surface area contributed by atoms with Crippen LogP contribution in [0.2, 0.25) is 0 Å². The van der Waals surface area contributed by atoms with Crippen LogP contribution < -0.4 is 5.32 Å². The monoisotopic (exact) mass is 289 g/mol. The molecule has 0 amide bonds. The zero-order valence-electron chi connectivity index (χ0n) is 12.9. The largest absolute Gasteiger partial charge is 0.306 e. The normalized spacial score (nSPS) is 12.5. The van der Waals surface area contributed by atoms with E-state index in [1.54, 1.807) is 0 Å². The van der Waals surface area contributed by atoms with Crippen LogP contribution in [0.4, 0.5) is 8.78 Å². The predicted octanol–water partition coefficient (Wildman–Crippen LogP) is 4.59. The third kappa shape index (κ3) is 3.30. The SMILES string of the molecule is CCNC(c1cc(F)ccc1F)c1c(C)cc(C)cc1C. The fraction of sp³-hybridized carbons (Fsp3) is 0.333. The van der Waals surface area contributed by atoms with Gasteiger partial charge < -0.3 is 5.32 Å². The molecular formula is C18H21F2N. The summed E-state index contributed by atoms with van der Waals surface area (Å²) >= 11 is 0. The van der Waals surface area contributed by atoms with Crippen molar-refractivity contribution in [1.29, 1.82) is 0 Å². The lowest BCUT2D eigenvalue weighted by molar-refractivity contribution is 0.542. The lowest BCUT2D eigenvalue weighted by Gasteiger charge is -2.24. The Kier molecular flexibility index (Phi) is 4.73. The number of benzene rings is 2. The van der Waals surface area contributed by atoms with Crippen LogP contribution in [-0.2, 0) is 0 Å². The third-order valence-electron chi connectivity index (χ3n) is 3.70. The van der Waals surface area contributed by atoms with Crippen molar-refractivity contribution < 1.29 is 8.78 Å². The van der Waals surface area contributed by atoms with Crippen LogP contribution in [0.3, 0.4) is 0 Å². The second-order valence-corrected chi connectivity index (χ2v) is 5.47. The first-order chi connectivity index (χ1) is 9.93. The summed E-state index contributed by atoms with van der Waals surface area (Å²) in [6.07, 6.45) is 0. The van der Waals surface area contributed by atoms with Gasteiger partial charge in [0.05, 0.1) is 6.04 Å². The summed E-state index contributed by atoms with van der Waals surface area (Å²) in [5.74, 6) is -0.807. The topological polar surface area (TPSA) is 12.0 Å². The lowest BCUT2D eigenvalue weighted by atomic mass is 9.89. The molecule has 112 valence electrons. The van der Waals surface area contributed by atoms with Crippen LogP contribution >= 0.6 is 0 Å². The predicted molar refractivity (Wildman–Crippen MR) is 82.5 cm³/mol. The van der Waals surface area contributed by atoms with Gasteiger partial charge in [-0.25, -0.2) is 8.78 Å². The van der Waals surface area contributed by atoms with E-state index in [4.69, 9.17) is 0 Å². The van der Waals surface area contributed by atoms with Crippen molar-refractivity contribution in [2.24, 2.45) is 0 Å². The molecule has 0 spiro atoms. The standard InChI is InChI=1S/C18H21F2N/c1-5-21-18(15-10-14(19)6-7-16(15)20)17-12(3)8-11(2)9-13(17)4/h6-10,18,21H,5H2,1-4H3. The summed E-state index contributed by atoms with van der Waals surface area (Å²) in [5, 5.41) is 3.28. The zero-order chi connectivity index (χ0) is 15.6. The quantitative estimate of drug-likeness (QED) is 0.868. The Morgan fingerprint density at radius 2 is 1.62 bits per heavy atom. The number of rotatable bonds is 4. The minimum Gasteiger partial charge on any atom is -0.306 e. The first kappa shape index (κ1) is 15.6. The molecule has 21 heavy (non-hydrogen) atoms. The van der Waals surface area contributed by atoms with Crippen LogP contribution in [0.1, 0.15) is 40.8 Å². The summed E-state index contributed by atoms with van der Waals surface area (Å²) in [6.45, 7) is 8.69. The van der Waals surface area contributed by atoms with Crippen molar-refractivity contribution in [2.75, 3.05) is 6.54 Å². The highest BCUT2D eigenvalue weighted by atomic mass is 19.1. The maximum Gasteiger partial charge on any atom is 0.128 e. The molecule has 1 nitrogen and oxygen atoms in total. The van der Waals surface area contributed by atoms with E-state index in [0.29, 0.717) is 12.1 Å². The molecule has 0 heterocycles. The molecule has 2 rings (SSSR count). The van der Waals surface area contributed by atoms with E-state index in [0.717, 1.165) is 22.8 Å². The minimum absolute atomic E-state index is 0.341. The summed E-state index contributed by atoms with van der Waals surface area (Å²) in [7, 11) is 0. The van der Waals surface area contributed by atoms with Gasteiger partial charge in [0.25, 0.3) is 0 Å². The molecule has 3 heteroatoms. The number of hydrogen-bond donors (Lipinski definition) is 1. The highest BCUT2D eigenvalue weighted by Gasteiger charge is 2.21. The molecule has 0 aliphatic rings. The van der Waals surface area contributed by atoms with Crippen LogP contribution in [-0.4, -0.2) is 6.54 Å². The van der Waals surface area contributed by atoms with Gasteiger partial charge in [-0.15, -0.1) is 0 Å². The van der Waals surface area contributed by atoms with Crippen LogP contribution in [0.25, 0.3) is 0 Å². The van der Waals surface area contributed by atoms with Gasteiger partial charge in [0.1, 0.15) is 11.6 Å². The molecule has 0 saturated carbocycles. The fourth-order valence-electron chi connectivity index (χ4n) is 2.95. The summed E-state index contributed by atoms with van der Waals surface area (Å²) in [6, 6.07) is 7.42. The molecule has 1 atom stereocenters.